The minimum atomic E-state index is -0.799. The maximum atomic E-state index is 11.0. The molecule has 0 unspecified atom stereocenters. The van der Waals surface area contributed by atoms with E-state index in [1.807, 2.05) is 0 Å². The van der Waals surface area contributed by atoms with Crippen LogP contribution in [0, 0.1) is 0 Å². The van der Waals surface area contributed by atoms with E-state index >= 15 is 0 Å². The summed E-state index contributed by atoms with van der Waals surface area (Å²) in [6.07, 6.45) is 3.51. The van der Waals surface area contributed by atoms with E-state index in [1.165, 1.54) is 6.08 Å². The maximum absolute atomic E-state index is 11.0. The van der Waals surface area contributed by atoms with Crippen LogP contribution in [0.4, 0.5) is 0 Å². The minimum absolute atomic E-state index is 0.160. The highest BCUT2D eigenvalue weighted by Crippen LogP contribution is 2.02. The lowest BCUT2D eigenvalue weighted by Gasteiger charge is -2.03. The zero-order valence-electron chi connectivity index (χ0n) is 8.70. The molecule has 0 aromatic carbocycles. The number of aliphatic carboxylic acids is 1. The molecule has 15 heavy (non-hydrogen) atoms. The number of hydrogen-bond acceptors (Lipinski definition) is 3. The Morgan fingerprint density at radius 3 is 2.47 bits per heavy atom. The minimum Gasteiger partial charge on any atom is -0.481 e. The topological polar surface area (TPSA) is 63.6 Å². The zero-order valence-corrected chi connectivity index (χ0v) is 8.70. The Labute approximate surface area is 89.2 Å². The van der Waals surface area contributed by atoms with Gasteiger partial charge >= 0.3 is 11.9 Å². The Hall–Kier alpha value is -1.58. The van der Waals surface area contributed by atoms with Gasteiger partial charge in [0.05, 0.1) is 12.2 Å². The molecular formula is C11H16O4. The van der Waals surface area contributed by atoms with Crippen LogP contribution in [0.1, 0.15) is 25.7 Å². The van der Waals surface area contributed by atoms with Gasteiger partial charge in [0, 0.05) is 6.42 Å². The standard InChI is InChI=1S/C11H16O4/c1-3-9(2)11(14)15-8-6-4-5-7-10(12)13/h3H,1-2,4-8H2,(H,12,13). The third-order valence-electron chi connectivity index (χ3n) is 1.78. The first-order chi connectivity index (χ1) is 7.07. The van der Waals surface area contributed by atoms with E-state index < -0.39 is 11.9 Å². The van der Waals surface area contributed by atoms with Crippen molar-refractivity contribution in [1.29, 1.82) is 0 Å². The Balaban J connectivity index is 3.39. The highest BCUT2D eigenvalue weighted by Gasteiger charge is 2.03. The summed E-state index contributed by atoms with van der Waals surface area (Å²) >= 11 is 0. The molecule has 0 aromatic heterocycles. The molecule has 0 aliphatic rings. The Bertz CT molecular complexity index is 255. The number of hydrogen-bond donors (Lipinski definition) is 1. The van der Waals surface area contributed by atoms with Gasteiger partial charge in [0.2, 0.25) is 0 Å². The number of carboxylic acid groups (broad SMARTS) is 1. The summed E-state index contributed by atoms with van der Waals surface area (Å²) in [5.41, 5.74) is 0.237. The van der Waals surface area contributed by atoms with Crippen molar-refractivity contribution in [3.8, 4) is 0 Å². The van der Waals surface area contributed by atoms with Crippen molar-refractivity contribution in [2.45, 2.75) is 25.7 Å². The molecule has 4 heteroatoms. The molecule has 0 saturated heterocycles. The van der Waals surface area contributed by atoms with Crippen LogP contribution >= 0.6 is 0 Å². The fourth-order valence-corrected chi connectivity index (χ4v) is 0.896. The normalized spacial score (nSPS) is 9.33. The molecule has 0 bridgehead atoms. The second kappa shape index (κ2) is 7.79. The van der Waals surface area contributed by atoms with Crippen LogP contribution in [0.25, 0.3) is 0 Å². The Kier molecular flexibility index (Phi) is 6.97. The van der Waals surface area contributed by atoms with E-state index in [9.17, 15) is 9.59 Å². The van der Waals surface area contributed by atoms with Crippen molar-refractivity contribution in [2.24, 2.45) is 0 Å². The molecule has 1 N–H and O–H groups in total. The molecule has 0 spiro atoms. The average molecular weight is 212 g/mol. The van der Waals surface area contributed by atoms with Crippen molar-refractivity contribution in [2.75, 3.05) is 6.61 Å². The maximum Gasteiger partial charge on any atom is 0.337 e. The van der Waals surface area contributed by atoms with Gasteiger partial charge in [-0.2, -0.15) is 0 Å². The number of unbranched alkanes of at least 4 members (excludes halogenated alkanes) is 2. The highest BCUT2D eigenvalue weighted by molar-refractivity contribution is 5.90. The molecule has 0 heterocycles. The molecule has 0 aliphatic heterocycles. The summed E-state index contributed by atoms with van der Waals surface area (Å²) in [7, 11) is 0. The van der Waals surface area contributed by atoms with Crippen LogP contribution in [0.15, 0.2) is 24.8 Å². The van der Waals surface area contributed by atoms with Crippen LogP contribution in [-0.2, 0) is 14.3 Å². The lowest BCUT2D eigenvalue weighted by Crippen LogP contribution is -2.06. The van der Waals surface area contributed by atoms with Gasteiger partial charge in [-0.15, -0.1) is 0 Å². The molecule has 0 aromatic rings. The fourth-order valence-electron chi connectivity index (χ4n) is 0.896. The highest BCUT2D eigenvalue weighted by atomic mass is 16.5. The molecule has 0 aliphatic carbocycles. The lowest BCUT2D eigenvalue weighted by atomic mass is 10.2. The van der Waals surface area contributed by atoms with Crippen molar-refractivity contribution >= 4 is 11.9 Å². The monoisotopic (exact) mass is 212 g/mol. The third-order valence-corrected chi connectivity index (χ3v) is 1.78. The molecular weight excluding hydrogens is 196 g/mol. The Morgan fingerprint density at radius 1 is 1.27 bits per heavy atom. The third kappa shape index (κ3) is 7.49. The van der Waals surface area contributed by atoms with Gasteiger partial charge in [-0.05, 0) is 19.3 Å². The van der Waals surface area contributed by atoms with Crippen LogP contribution in [-0.4, -0.2) is 23.7 Å². The first kappa shape index (κ1) is 13.4. The molecule has 0 atom stereocenters. The summed E-state index contributed by atoms with van der Waals surface area (Å²) in [5, 5.41) is 8.35. The molecule has 0 radical (unpaired) electrons. The van der Waals surface area contributed by atoms with Crippen molar-refractivity contribution < 1.29 is 19.4 Å². The fraction of sp³-hybridized carbons (Fsp3) is 0.455. The van der Waals surface area contributed by atoms with E-state index in [0.29, 0.717) is 19.4 Å². The predicted octanol–water partition coefficient (Wildman–Crippen LogP) is 1.92. The molecule has 0 fully saturated rings. The van der Waals surface area contributed by atoms with Crippen molar-refractivity contribution in [3.05, 3.63) is 24.8 Å². The molecule has 0 saturated carbocycles. The number of carboxylic acids is 1. The van der Waals surface area contributed by atoms with E-state index in [1.54, 1.807) is 0 Å². The number of rotatable bonds is 8. The van der Waals surface area contributed by atoms with Crippen molar-refractivity contribution in [3.63, 3.8) is 0 Å². The number of esters is 1. The molecule has 4 nitrogen and oxygen atoms in total. The zero-order chi connectivity index (χ0) is 11.7. The van der Waals surface area contributed by atoms with Crippen LogP contribution < -0.4 is 0 Å². The van der Waals surface area contributed by atoms with Gasteiger partial charge in [-0.1, -0.05) is 19.2 Å². The summed E-state index contributed by atoms with van der Waals surface area (Å²) in [6.45, 7) is 7.13. The number of carbonyl (C=O) groups is 2. The van der Waals surface area contributed by atoms with Gasteiger partial charge in [-0.25, -0.2) is 4.79 Å². The van der Waals surface area contributed by atoms with Gasteiger partial charge in [-0.3, -0.25) is 4.79 Å². The van der Waals surface area contributed by atoms with Gasteiger partial charge in [0.15, 0.2) is 0 Å². The van der Waals surface area contributed by atoms with Crippen molar-refractivity contribution in [1.82, 2.24) is 0 Å². The summed E-state index contributed by atoms with van der Waals surface area (Å²) in [6, 6.07) is 0. The van der Waals surface area contributed by atoms with Crippen LogP contribution in [0.2, 0.25) is 0 Å². The van der Waals surface area contributed by atoms with Gasteiger partial charge in [0.1, 0.15) is 0 Å². The largest absolute Gasteiger partial charge is 0.481 e. The van der Waals surface area contributed by atoms with Crippen LogP contribution in [0.3, 0.4) is 0 Å². The smallest absolute Gasteiger partial charge is 0.337 e. The summed E-state index contributed by atoms with van der Waals surface area (Å²) in [5.74, 6) is -1.27. The lowest BCUT2D eigenvalue weighted by molar-refractivity contribution is -0.139. The summed E-state index contributed by atoms with van der Waals surface area (Å²) in [4.78, 5) is 21.2. The SMILES string of the molecule is C=CC(=C)C(=O)OCCCCCC(=O)O. The van der Waals surface area contributed by atoms with E-state index in [2.05, 4.69) is 13.2 Å². The second-order valence-corrected chi connectivity index (χ2v) is 3.07. The molecule has 84 valence electrons. The van der Waals surface area contributed by atoms with Gasteiger partial charge < -0.3 is 9.84 Å². The molecule has 0 rings (SSSR count). The number of carbonyl (C=O) groups excluding carboxylic acids is 1. The Morgan fingerprint density at radius 2 is 1.93 bits per heavy atom. The summed E-state index contributed by atoms with van der Waals surface area (Å²) < 4.78 is 4.84. The first-order valence-corrected chi connectivity index (χ1v) is 4.78. The van der Waals surface area contributed by atoms with Crippen LogP contribution in [0.5, 0.6) is 0 Å². The second-order valence-electron chi connectivity index (χ2n) is 3.07. The van der Waals surface area contributed by atoms with Gasteiger partial charge in [0.25, 0.3) is 0 Å². The predicted molar refractivity (Wildman–Crippen MR) is 56.4 cm³/mol. The average Bonchev–Trinajstić information content (AvgIpc) is 2.21. The number of ether oxygens (including phenoxy) is 1. The first-order valence-electron chi connectivity index (χ1n) is 4.78. The molecule has 0 amide bonds. The van der Waals surface area contributed by atoms with E-state index in [4.69, 9.17) is 9.84 Å². The van der Waals surface area contributed by atoms with E-state index in [0.717, 1.165) is 6.42 Å². The van der Waals surface area contributed by atoms with E-state index in [-0.39, 0.29) is 12.0 Å². The quantitative estimate of drug-likeness (QED) is 0.289.